The van der Waals surface area contributed by atoms with Gasteiger partial charge in [0.2, 0.25) is 5.91 Å². The van der Waals surface area contributed by atoms with Crippen LogP contribution in [0.1, 0.15) is 37.4 Å². The molecule has 2 amide bonds. The van der Waals surface area contributed by atoms with Crippen molar-refractivity contribution in [2.75, 3.05) is 0 Å². The van der Waals surface area contributed by atoms with Gasteiger partial charge in [-0.3, -0.25) is 9.59 Å². The Bertz CT molecular complexity index is 401. The third-order valence-corrected chi connectivity index (χ3v) is 3.72. The maximum Gasteiger partial charge on any atom is 0.261 e. The predicted octanol–water partition coefficient (Wildman–Crippen LogP) is 2.03. The molecule has 0 aliphatic heterocycles. The second kappa shape index (κ2) is 6.54. The Kier molecular flexibility index (Phi) is 5.34. The largest absolute Gasteiger partial charge is 0.352 e. The van der Waals surface area contributed by atoms with Gasteiger partial charge in [-0.1, -0.05) is 19.9 Å². The van der Waals surface area contributed by atoms with E-state index in [4.69, 9.17) is 0 Å². The van der Waals surface area contributed by atoms with Crippen LogP contribution in [0.2, 0.25) is 0 Å². The van der Waals surface area contributed by atoms with Crippen molar-refractivity contribution in [2.24, 2.45) is 5.92 Å². The van der Waals surface area contributed by atoms with Crippen LogP contribution in [0.4, 0.5) is 0 Å². The highest BCUT2D eigenvalue weighted by atomic mass is 32.1. The van der Waals surface area contributed by atoms with E-state index in [1.807, 2.05) is 32.2 Å². The van der Waals surface area contributed by atoms with Gasteiger partial charge in [-0.05, 0) is 31.2 Å². The van der Waals surface area contributed by atoms with Gasteiger partial charge in [-0.2, -0.15) is 0 Å². The maximum absolute atomic E-state index is 11.8. The van der Waals surface area contributed by atoms with Crippen molar-refractivity contribution in [3.63, 3.8) is 0 Å². The van der Waals surface area contributed by atoms with Crippen LogP contribution in [0.15, 0.2) is 17.5 Å². The van der Waals surface area contributed by atoms with Crippen LogP contribution in [0, 0.1) is 5.92 Å². The van der Waals surface area contributed by atoms with E-state index in [0.717, 1.165) is 0 Å². The monoisotopic (exact) mass is 268 g/mol. The SMILES string of the molecule is CC(NC(=O)c1cccs1)C(=O)NC(C)C(C)C. The van der Waals surface area contributed by atoms with Gasteiger partial charge in [0.25, 0.3) is 5.91 Å². The minimum atomic E-state index is -0.527. The molecule has 4 nitrogen and oxygen atoms in total. The van der Waals surface area contributed by atoms with Crippen molar-refractivity contribution < 1.29 is 9.59 Å². The first-order chi connectivity index (χ1) is 8.41. The maximum atomic E-state index is 11.8. The van der Waals surface area contributed by atoms with E-state index in [1.165, 1.54) is 11.3 Å². The zero-order valence-corrected chi connectivity index (χ0v) is 12.0. The smallest absolute Gasteiger partial charge is 0.261 e. The molecule has 2 unspecified atom stereocenters. The summed E-state index contributed by atoms with van der Waals surface area (Å²) in [5.41, 5.74) is 0. The lowest BCUT2D eigenvalue weighted by Gasteiger charge is -2.20. The molecule has 1 aromatic rings. The summed E-state index contributed by atoms with van der Waals surface area (Å²) >= 11 is 1.36. The standard InChI is InChI=1S/C13H20N2O2S/c1-8(2)9(3)14-12(16)10(4)15-13(17)11-6-5-7-18-11/h5-10H,1-4H3,(H,14,16)(H,15,17). The summed E-state index contributed by atoms with van der Waals surface area (Å²) in [7, 11) is 0. The second-order valence-corrected chi connectivity index (χ2v) is 5.66. The number of thiophene rings is 1. The van der Waals surface area contributed by atoms with Gasteiger partial charge in [-0.25, -0.2) is 0 Å². The highest BCUT2D eigenvalue weighted by molar-refractivity contribution is 7.12. The van der Waals surface area contributed by atoms with Crippen molar-refractivity contribution >= 4 is 23.2 Å². The highest BCUT2D eigenvalue weighted by Gasteiger charge is 2.19. The zero-order valence-electron chi connectivity index (χ0n) is 11.2. The first-order valence-electron chi connectivity index (χ1n) is 6.06. The van der Waals surface area contributed by atoms with Gasteiger partial charge in [0.05, 0.1) is 4.88 Å². The van der Waals surface area contributed by atoms with Gasteiger partial charge >= 0.3 is 0 Å². The predicted molar refractivity (Wildman–Crippen MR) is 73.7 cm³/mol. The van der Waals surface area contributed by atoms with E-state index in [-0.39, 0.29) is 17.9 Å². The third kappa shape index (κ3) is 4.14. The van der Waals surface area contributed by atoms with Gasteiger partial charge in [0.15, 0.2) is 0 Å². The van der Waals surface area contributed by atoms with Gasteiger partial charge in [-0.15, -0.1) is 11.3 Å². The van der Waals surface area contributed by atoms with Crippen molar-refractivity contribution in [3.05, 3.63) is 22.4 Å². The number of rotatable bonds is 5. The Morgan fingerprint density at radius 1 is 1.17 bits per heavy atom. The summed E-state index contributed by atoms with van der Waals surface area (Å²) in [6.45, 7) is 7.73. The molecule has 1 heterocycles. The molecule has 5 heteroatoms. The third-order valence-electron chi connectivity index (χ3n) is 2.86. The molecule has 0 aliphatic rings. The molecule has 1 rings (SSSR count). The van der Waals surface area contributed by atoms with Gasteiger partial charge in [0, 0.05) is 6.04 Å². The number of carbonyl (C=O) groups excluding carboxylic acids is 2. The molecule has 2 N–H and O–H groups in total. The number of carbonyl (C=O) groups is 2. The highest BCUT2D eigenvalue weighted by Crippen LogP contribution is 2.08. The summed E-state index contributed by atoms with van der Waals surface area (Å²) < 4.78 is 0. The van der Waals surface area contributed by atoms with E-state index in [1.54, 1.807) is 13.0 Å². The molecule has 100 valence electrons. The lowest BCUT2D eigenvalue weighted by molar-refractivity contribution is -0.123. The number of hydrogen-bond donors (Lipinski definition) is 2. The number of amides is 2. The van der Waals surface area contributed by atoms with E-state index in [9.17, 15) is 9.59 Å². The van der Waals surface area contributed by atoms with E-state index in [0.29, 0.717) is 10.8 Å². The van der Waals surface area contributed by atoms with Crippen molar-refractivity contribution in [2.45, 2.75) is 39.8 Å². The summed E-state index contributed by atoms with van der Waals surface area (Å²) in [6.07, 6.45) is 0. The molecule has 0 bridgehead atoms. The molecule has 0 radical (unpaired) electrons. The Labute approximate surface area is 112 Å². The second-order valence-electron chi connectivity index (χ2n) is 4.71. The molecule has 0 aliphatic carbocycles. The Hall–Kier alpha value is -1.36. The van der Waals surface area contributed by atoms with Crippen LogP contribution in [0.5, 0.6) is 0 Å². The molecule has 18 heavy (non-hydrogen) atoms. The summed E-state index contributed by atoms with van der Waals surface area (Å²) in [5, 5.41) is 7.40. The normalized spacial score (nSPS) is 14.1. The average molecular weight is 268 g/mol. The lowest BCUT2D eigenvalue weighted by Crippen LogP contribution is -2.48. The van der Waals surface area contributed by atoms with Crippen molar-refractivity contribution in [1.82, 2.24) is 10.6 Å². The lowest BCUT2D eigenvalue weighted by atomic mass is 10.1. The molecule has 0 saturated heterocycles. The van der Waals surface area contributed by atoms with E-state index >= 15 is 0 Å². The minimum Gasteiger partial charge on any atom is -0.352 e. The Morgan fingerprint density at radius 2 is 1.83 bits per heavy atom. The quantitative estimate of drug-likeness (QED) is 0.858. The van der Waals surface area contributed by atoms with Crippen LogP contribution in [-0.2, 0) is 4.79 Å². The molecular formula is C13H20N2O2S. The topological polar surface area (TPSA) is 58.2 Å². The van der Waals surface area contributed by atoms with Crippen molar-refractivity contribution in [3.8, 4) is 0 Å². The fourth-order valence-electron chi connectivity index (χ4n) is 1.26. The first-order valence-corrected chi connectivity index (χ1v) is 6.94. The Morgan fingerprint density at radius 3 is 2.33 bits per heavy atom. The molecular weight excluding hydrogens is 248 g/mol. The van der Waals surface area contributed by atoms with Crippen molar-refractivity contribution in [1.29, 1.82) is 0 Å². The number of nitrogens with one attached hydrogen (secondary N) is 2. The summed E-state index contributed by atoms with van der Waals surface area (Å²) in [4.78, 5) is 24.2. The molecule has 0 fully saturated rings. The van der Waals surface area contributed by atoms with Crippen LogP contribution in [-0.4, -0.2) is 23.9 Å². The summed E-state index contributed by atoms with van der Waals surface area (Å²) in [6, 6.07) is 3.12. The van der Waals surface area contributed by atoms with Crippen LogP contribution in [0.3, 0.4) is 0 Å². The Balaban J connectivity index is 2.47. The van der Waals surface area contributed by atoms with E-state index < -0.39 is 6.04 Å². The van der Waals surface area contributed by atoms with Gasteiger partial charge in [0.1, 0.15) is 6.04 Å². The summed E-state index contributed by atoms with van der Waals surface area (Å²) in [5.74, 6) is 0.0140. The van der Waals surface area contributed by atoms with Gasteiger partial charge < -0.3 is 10.6 Å². The van der Waals surface area contributed by atoms with Crippen LogP contribution >= 0.6 is 11.3 Å². The molecule has 0 aromatic carbocycles. The molecule has 2 atom stereocenters. The van der Waals surface area contributed by atoms with Crippen LogP contribution in [0.25, 0.3) is 0 Å². The fourth-order valence-corrected chi connectivity index (χ4v) is 1.88. The molecule has 0 spiro atoms. The first kappa shape index (κ1) is 14.7. The number of hydrogen-bond acceptors (Lipinski definition) is 3. The minimum absolute atomic E-state index is 0.0959. The van der Waals surface area contributed by atoms with E-state index in [2.05, 4.69) is 10.6 Å². The fraction of sp³-hybridized carbons (Fsp3) is 0.538. The zero-order chi connectivity index (χ0) is 13.7. The molecule has 1 aromatic heterocycles. The van der Waals surface area contributed by atoms with Crippen LogP contribution < -0.4 is 10.6 Å². The molecule has 0 saturated carbocycles. The average Bonchev–Trinajstić information content (AvgIpc) is 2.81.